The molecular weight excluding hydrogens is 277 g/mol. The molecule has 4 nitrogen and oxygen atoms in total. The quantitative estimate of drug-likeness (QED) is 0.669. The lowest BCUT2D eigenvalue weighted by atomic mass is 10.2. The average Bonchev–Trinajstić information content (AvgIpc) is 2.32. The van der Waals surface area contributed by atoms with Crippen LogP contribution in [0.1, 0.15) is 23.7 Å². The zero-order valence-electron chi connectivity index (χ0n) is 10.2. The van der Waals surface area contributed by atoms with Crippen LogP contribution < -0.4 is 5.73 Å². The summed E-state index contributed by atoms with van der Waals surface area (Å²) < 4.78 is 10.1. The molecule has 0 aliphatic rings. The molecule has 1 rings (SSSR count). The zero-order valence-corrected chi connectivity index (χ0v) is 11.7. The Bertz CT molecular complexity index is 414. The van der Waals surface area contributed by atoms with Gasteiger partial charge in [0.25, 0.3) is 0 Å². The molecule has 1 unspecified atom stereocenters. The normalized spacial score (nSPS) is 12.2. The van der Waals surface area contributed by atoms with Crippen LogP contribution in [0.15, 0.2) is 12.1 Å². The standard InChI is InChI=1S/C12H15Cl2NO3/c1-7(3-4-17-2)18-12(16)8-5-9(13)11(14)10(15)6-8/h5-7H,3-4,15H2,1-2H3. The van der Waals surface area contributed by atoms with Crippen molar-refractivity contribution in [2.45, 2.75) is 19.4 Å². The molecule has 0 bridgehead atoms. The Morgan fingerprint density at radius 1 is 1.44 bits per heavy atom. The lowest BCUT2D eigenvalue weighted by Gasteiger charge is -2.13. The van der Waals surface area contributed by atoms with Gasteiger partial charge in [-0.05, 0) is 19.1 Å². The summed E-state index contributed by atoms with van der Waals surface area (Å²) in [5.41, 5.74) is 6.16. The van der Waals surface area contributed by atoms with Crippen LogP contribution in [0.5, 0.6) is 0 Å². The van der Waals surface area contributed by atoms with E-state index in [0.29, 0.717) is 13.0 Å². The Morgan fingerprint density at radius 3 is 2.67 bits per heavy atom. The number of ether oxygens (including phenoxy) is 2. The second-order valence-electron chi connectivity index (χ2n) is 3.86. The Kier molecular flexibility index (Phi) is 5.72. The number of nitrogens with two attached hydrogens (primary N) is 1. The molecule has 1 aromatic carbocycles. The van der Waals surface area contributed by atoms with E-state index < -0.39 is 5.97 Å². The van der Waals surface area contributed by atoms with Crippen molar-refractivity contribution in [1.82, 2.24) is 0 Å². The fourth-order valence-electron chi connectivity index (χ4n) is 1.32. The minimum Gasteiger partial charge on any atom is -0.459 e. The van der Waals surface area contributed by atoms with Crippen LogP contribution in [0.4, 0.5) is 5.69 Å². The maximum absolute atomic E-state index is 11.8. The van der Waals surface area contributed by atoms with Crippen LogP contribution in [-0.4, -0.2) is 25.8 Å². The first kappa shape index (κ1) is 15.1. The largest absolute Gasteiger partial charge is 0.459 e. The Labute approximate surface area is 116 Å². The van der Waals surface area contributed by atoms with Crippen molar-refractivity contribution in [2.24, 2.45) is 0 Å². The summed E-state index contributed by atoms with van der Waals surface area (Å²) in [6, 6.07) is 2.88. The van der Waals surface area contributed by atoms with E-state index in [2.05, 4.69) is 0 Å². The molecule has 0 saturated heterocycles. The number of rotatable bonds is 5. The first-order valence-corrected chi connectivity index (χ1v) is 6.15. The van der Waals surface area contributed by atoms with Gasteiger partial charge in [-0.1, -0.05) is 23.2 Å². The van der Waals surface area contributed by atoms with Gasteiger partial charge in [-0.25, -0.2) is 4.79 Å². The molecule has 0 fully saturated rings. The van der Waals surface area contributed by atoms with Crippen LogP contribution >= 0.6 is 23.2 Å². The topological polar surface area (TPSA) is 61.5 Å². The molecule has 1 atom stereocenters. The van der Waals surface area contributed by atoms with Crippen LogP contribution in [0, 0.1) is 0 Å². The molecule has 6 heteroatoms. The molecule has 18 heavy (non-hydrogen) atoms. The summed E-state index contributed by atoms with van der Waals surface area (Å²) >= 11 is 11.6. The fraction of sp³-hybridized carbons (Fsp3) is 0.417. The lowest BCUT2D eigenvalue weighted by molar-refractivity contribution is 0.0267. The van der Waals surface area contributed by atoms with Gasteiger partial charge in [0.2, 0.25) is 0 Å². The van der Waals surface area contributed by atoms with E-state index in [-0.39, 0.29) is 27.4 Å². The number of methoxy groups -OCH3 is 1. The molecule has 1 aromatic rings. The van der Waals surface area contributed by atoms with E-state index in [1.807, 2.05) is 0 Å². The molecule has 0 spiro atoms. The van der Waals surface area contributed by atoms with Gasteiger partial charge in [-0.15, -0.1) is 0 Å². The van der Waals surface area contributed by atoms with E-state index in [4.69, 9.17) is 38.4 Å². The summed E-state index contributed by atoms with van der Waals surface area (Å²) in [5, 5.41) is 0.466. The molecule has 0 aliphatic carbocycles. The van der Waals surface area contributed by atoms with Gasteiger partial charge in [-0.2, -0.15) is 0 Å². The van der Waals surface area contributed by atoms with Gasteiger partial charge in [-0.3, -0.25) is 0 Å². The van der Waals surface area contributed by atoms with Gasteiger partial charge in [0.05, 0.1) is 21.3 Å². The SMILES string of the molecule is COCCC(C)OC(=O)c1cc(N)c(Cl)c(Cl)c1. The predicted octanol–water partition coefficient (Wildman–Crippen LogP) is 3.16. The van der Waals surface area contributed by atoms with Crippen LogP contribution in [-0.2, 0) is 9.47 Å². The van der Waals surface area contributed by atoms with Crippen molar-refractivity contribution < 1.29 is 14.3 Å². The van der Waals surface area contributed by atoms with Gasteiger partial charge in [0, 0.05) is 20.1 Å². The number of halogens is 2. The molecule has 0 radical (unpaired) electrons. The van der Waals surface area contributed by atoms with Crippen molar-refractivity contribution in [2.75, 3.05) is 19.5 Å². The number of hydrogen-bond acceptors (Lipinski definition) is 4. The maximum Gasteiger partial charge on any atom is 0.338 e. The van der Waals surface area contributed by atoms with Gasteiger partial charge in [0.1, 0.15) is 6.10 Å². The van der Waals surface area contributed by atoms with Crippen molar-refractivity contribution in [1.29, 1.82) is 0 Å². The molecule has 0 amide bonds. The number of nitrogen functional groups attached to an aromatic ring is 1. The molecule has 0 saturated carbocycles. The highest BCUT2D eigenvalue weighted by Gasteiger charge is 2.15. The summed E-state index contributed by atoms with van der Waals surface area (Å²) in [5.74, 6) is -0.483. The Balaban J connectivity index is 2.73. The molecular formula is C12H15Cl2NO3. The Morgan fingerprint density at radius 2 is 2.11 bits per heavy atom. The molecule has 0 aromatic heterocycles. The van der Waals surface area contributed by atoms with E-state index in [1.165, 1.54) is 12.1 Å². The van der Waals surface area contributed by atoms with Gasteiger partial charge < -0.3 is 15.2 Å². The third-order valence-electron chi connectivity index (χ3n) is 2.33. The number of hydrogen-bond donors (Lipinski definition) is 1. The van der Waals surface area contributed by atoms with E-state index in [0.717, 1.165) is 0 Å². The van der Waals surface area contributed by atoms with Crippen LogP contribution in [0.25, 0.3) is 0 Å². The minimum atomic E-state index is -0.483. The number of anilines is 1. The predicted molar refractivity (Wildman–Crippen MR) is 72.2 cm³/mol. The van der Waals surface area contributed by atoms with Crippen LogP contribution in [0.2, 0.25) is 10.0 Å². The fourth-order valence-corrected chi connectivity index (χ4v) is 1.66. The number of carbonyl (C=O) groups is 1. The summed E-state index contributed by atoms with van der Waals surface area (Å²) in [4.78, 5) is 11.8. The Hall–Kier alpha value is -0.970. The summed E-state index contributed by atoms with van der Waals surface area (Å²) in [6.07, 6.45) is 0.382. The van der Waals surface area contributed by atoms with E-state index in [1.54, 1.807) is 14.0 Å². The average molecular weight is 292 g/mol. The molecule has 2 N–H and O–H groups in total. The first-order valence-electron chi connectivity index (χ1n) is 5.40. The van der Waals surface area contributed by atoms with Gasteiger partial charge in [0.15, 0.2) is 0 Å². The van der Waals surface area contributed by atoms with Crippen LogP contribution in [0.3, 0.4) is 0 Å². The maximum atomic E-state index is 11.8. The number of carbonyl (C=O) groups excluding carboxylic acids is 1. The number of benzene rings is 1. The molecule has 0 aliphatic heterocycles. The third kappa shape index (κ3) is 4.05. The van der Waals surface area contributed by atoms with E-state index in [9.17, 15) is 4.79 Å². The monoisotopic (exact) mass is 291 g/mol. The highest BCUT2D eigenvalue weighted by molar-refractivity contribution is 6.43. The van der Waals surface area contributed by atoms with Crippen molar-refractivity contribution in [3.05, 3.63) is 27.7 Å². The minimum absolute atomic E-state index is 0.230. The summed E-state index contributed by atoms with van der Waals surface area (Å²) in [6.45, 7) is 2.32. The zero-order chi connectivity index (χ0) is 13.7. The highest BCUT2D eigenvalue weighted by Crippen LogP contribution is 2.29. The lowest BCUT2D eigenvalue weighted by Crippen LogP contribution is -2.17. The molecule has 0 heterocycles. The number of esters is 1. The smallest absolute Gasteiger partial charge is 0.338 e. The summed E-state index contributed by atoms with van der Waals surface area (Å²) in [7, 11) is 1.59. The second-order valence-corrected chi connectivity index (χ2v) is 4.64. The van der Waals surface area contributed by atoms with E-state index >= 15 is 0 Å². The second kappa shape index (κ2) is 6.83. The highest BCUT2D eigenvalue weighted by atomic mass is 35.5. The molecule has 100 valence electrons. The van der Waals surface area contributed by atoms with Crippen molar-refractivity contribution >= 4 is 34.9 Å². The van der Waals surface area contributed by atoms with Gasteiger partial charge >= 0.3 is 5.97 Å². The van der Waals surface area contributed by atoms with Crippen molar-refractivity contribution in [3.63, 3.8) is 0 Å². The first-order chi connectivity index (χ1) is 8.45. The third-order valence-corrected chi connectivity index (χ3v) is 3.15. The van der Waals surface area contributed by atoms with Crippen molar-refractivity contribution in [3.8, 4) is 0 Å².